The number of rotatable bonds is 5. The quantitative estimate of drug-likeness (QED) is 0.358. The normalized spacial score (nSPS) is 17.3. The molecule has 168 valence electrons. The van der Waals surface area contributed by atoms with Crippen molar-refractivity contribution in [3.63, 3.8) is 0 Å². The standard InChI is InChI=1S/C24H18F2N2O5/c1-32-18-8-5-13(10-19(18)33-2)22(29)20-21(14-4-3-9-27-12-14)28(24(31)23(20)30)17-7-6-15(25)11-16(17)26/h3-12,21,29H,1-2H3/b22-20+. The van der Waals surface area contributed by atoms with Crippen LogP contribution in [0.4, 0.5) is 14.5 Å². The molecule has 0 aliphatic carbocycles. The molecule has 9 heteroatoms. The minimum Gasteiger partial charge on any atom is -0.507 e. The Balaban J connectivity index is 1.95. The molecule has 1 saturated heterocycles. The van der Waals surface area contributed by atoms with Crippen LogP contribution in [0.2, 0.25) is 0 Å². The van der Waals surface area contributed by atoms with Crippen molar-refractivity contribution in [3.05, 3.63) is 89.3 Å². The summed E-state index contributed by atoms with van der Waals surface area (Å²) in [7, 11) is 2.86. The van der Waals surface area contributed by atoms with Crippen molar-refractivity contribution in [3.8, 4) is 11.5 Å². The molecule has 0 radical (unpaired) electrons. The van der Waals surface area contributed by atoms with E-state index in [0.29, 0.717) is 23.1 Å². The van der Waals surface area contributed by atoms with Gasteiger partial charge in [0.25, 0.3) is 11.7 Å². The van der Waals surface area contributed by atoms with E-state index in [1.165, 1.54) is 44.8 Å². The van der Waals surface area contributed by atoms with Gasteiger partial charge in [-0.05, 0) is 42.0 Å². The molecule has 1 aliphatic heterocycles. The summed E-state index contributed by atoms with van der Waals surface area (Å²) in [5.74, 6) is -3.78. The number of hydrogen-bond acceptors (Lipinski definition) is 6. The largest absolute Gasteiger partial charge is 0.507 e. The molecule has 2 heterocycles. The molecule has 0 bridgehead atoms. The fourth-order valence-corrected chi connectivity index (χ4v) is 3.75. The van der Waals surface area contributed by atoms with Gasteiger partial charge in [0, 0.05) is 24.0 Å². The Morgan fingerprint density at radius 2 is 1.79 bits per heavy atom. The Bertz CT molecular complexity index is 1280. The molecular weight excluding hydrogens is 434 g/mol. The molecular formula is C24H18F2N2O5. The van der Waals surface area contributed by atoms with Crippen molar-refractivity contribution in [1.29, 1.82) is 0 Å². The fraction of sp³-hybridized carbons (Fsp3) is 0.125. The molecule has 33 heavy (non-hydrogen) atoms. The number of benzene rings is 2. The van der Waals surface area contributed by atoms with E-state index in [9.17, 15) is 23.5 Å². The first-order valence-electron chi connectivity index (χ1n) is 9.75. The Morgan fingerprint density at radius 3 is 2.42 bits per heavy atom. The number of anilines is 1. The molecule has 1 aliphatic rings. The molecule has 1 amide bonds. The van der Waals surface area contributed by atoms with Gasteiger partial charge < -0.3 is 14.6 Å². The van der Waals surface area contributed by atoms with Gasteiger partial charge >= 0.3 is 0 Å². The zero-order chi connectivity index (χ0) is 23.7. The lowest BCUT2D eigenvalue weighted by Crippen LogP contribution is -2.30. The lowest BCUT2D eigenvalue weighted by atomic mass is 9.96. The van der Waals surface area contributed by atoms with Crippen LogP contribution in [0.25, 0.3) is 5.76 Å². The molecule has 4 rings (SSSR count). The lowest BCUT2D eigenvalue weighted by molar-refractivity contribution is -0.132. The van der Waals surface area contributed by atoms with Gasteiger partial charge in [0.2, 0.25) is 0 Å². The van der Waals surface area contributed by atoms with Gasteiger partial charge in [-0.25, -0.2) is 8.78 Å². The minimum atomic E-state index is -1.20. The van der Waals surface area contributed by atoms with Gasteiger partial charge in [0.15, 0.2) is 11.5 Å². The van der Waals surface area contributed by atoms with Crippen LogP contribution in [-0.4, -0.2) is 36.0 Å². The highest BCUT2D eigenvalue weighted by atomic mass is 19.1. The smallest absolute Gasteiger partial charge is 0.300 e. The maximum atomic E-state index is 14.7. The van der Waals surface area contributed by atoms with E-state index in [1.54, 1.807) is 12.1 Å². The van der Waals surface area contributed by atoms with Crippen LogP contribution >= 0.6 is 0 Å². The van der Waals surface area contributed by atoms with Crippen LogP contribution < -0.4 is 14.4 Å². The molecule has 1 unspecified atom stereocenters. The van der Waals surface area contributed by atoms with Gasteiger partial charge in [-0.2, -0.15) is 0 Å². The van der Waals surface area contributed by atoms with Gasteiger partial charge in [0.1, 0.15) is 17.4 Å². The molecule has 1 atom stereocenters. The summed E-state index contributed by atoms with van der Waals surface area (Å²) in [5.41, 5.74) is -0.0516. The van der Waals surface area contributed by atoms with Gasteiger partial charge in [-0.3, -0.25) is 19.5 Å². The van der Waals surface area contributed by atoms with Crippen LogP contribution in [0.1, 0.15) is 17.2 Å². The predicted octanol–water partition coefficient (Wildman–Crippen LogP) is 4.00. The number of amides is 1. The summed E-state index contributed by atoms with van der Waals surface area (Å²) >= 11 is 0. The molecule has 1 fully saturated rings. The van der Waals surface area contributed by atoms with E-state index in [1.807, 2.05) is 0 Å². The maximum Gasteiger partial charge on any atom is 0.300 e. The molecule has 3 aromatic rings. The predicted molar refractivity (Wildman–Crippen MR) is 115 cm³/mol. The van der Waals surface area contributed by atoms with Crippen molar-refractivity contribution in [2.75, 3.05) is 19.1 Å². The number of hydrogen-bond donors (Lipinski definition) is 1. The number of aromatic nitrogens is 1. The zero-order valence-electron chi connectivity index (χ0n) is 17.6. The number of aliphatic hydroxyl groups is 1. The summed E-state index contributed by atoms with van der Waals surface area (Å²) in [4.78, 5) is 31.0. The average molecular weight is 452 g/mol. The zero-order valence-corrected chi connectivity index (χ0v) is 17.6. The van der Waals surface area contributed by atoms with E-state index >= 15 is 0 Å². The van der Waals surface area contributed by atoms with E-state index < -0.39 is 35.1 Å². The second-order valence-electron chi connectivity index (χ2n) is 7.12. The Morgan fingerprint density at radius 1 is 1.03 bits per heavy atom. The number of ether oxygens (including phenoxy) is 2. The number of carbonyl (C=O) groups excluding carboxylic acids is 2. The summed E-state index contributed by atoms with van der Waals surface area (Å²) in [6, 6.07) is 9.08. The molecule has 0 spiro atoms. The van der Waals surface area contributed by atoms with Crippen LogP contribution in [0.15, 0.2) is 66.5 Å². The highest BCUT2D eigenvalue weighted by Gasteiger charge is 2.48. The first-order chi connectivity index (χ1) is 15.9. The second kappa shape index (κ2) is 8.70. The molecule has 1 aromatic heterocycles. The fourth-order valence-electron chi connectivity index (χ4n) is 3.75. The number of pyridine rings is 1. The van der Waals surface area contributed by atoms with Gasteiger partial charge in [-0.1, -0.05) is 6.07 Å². The summed E-state index contributed by atoms with van der Waals surface area (Å²) < 4.78 is 38.6. The SMILES string of the molecule is COc1ccc(/C(O)=C2\C(=O)C(=O)N(c3ccc(F)cc3F)C2c2cccnc2)cc1OC. The van der Waals surface area contributed by atoms with E-state index in [4.69, 9.17) is 9.47 Å². The monoisotopic (exact) mass is 452 g/mol. The Kier molecular flexibility index (Phi) is 5.78. The van der Waals surface area contributed by atoms with E-state index in [2.05, 4.69) is 4.98 Å². The van der Waals surface area contributed by atoms with Gasteiger partial charge in [-0.15, -0.1) is 0 Å². The second-order valence-corrected chi connectivity index (χ2v) is 7.12. The van der Waals surface area contributed by atoms with E-state index in [-0.39, 0.29) is 16.8 Å². The number of methoxy groups -OCH3 is 2. The summed E-state index contributed by atoms with van der Waals surface area (Å²) in [6.07, 6.45) is 2.88. The molecule has 0 saturated carbocycles. The van der Waals surface area contributed by atoms with Crippen molar-refractivity contribution >= 4 is 23.1 Å². The van der Waals surface area contributed by atoms with Crippen LogP contribution in [0, 0.1) is 11.6 Å². The molecule has 1 N–H and O–H groups in total. The highest BCUT2D eigenvalue weighted by molar-refractivity contribution is 6.51. The highest BCUT2D eigenvalue weighted by Crippen LogP contribution is 2.43. The van der Waals surface area contributed by atoms with Gasteiger partial charge in [0.05, 0.1) is 31.5 Å². The summed E-state index contributed by atoms with van der Waals surface area (Å²) in [6.45, 7) is 0. The number of halogens is 2. The van der Waals surface area contributed by atoms with Crippen molar-refractivity contribution < 1.29 is 33.0 Å². The van der Waals surface area contributed by atoms with E-state index in [0.717, 1.165) is 17.0 Å². The number of nitrogens with zero attached hydrogens (tertiary/aromatic N) is 2. The molecule has 7 nitrogen and oxygen atoms in total. The first-order valence-corrected chi connectivity index (χ1v) is 9.75. The Labute approximate surface area is 187 Å². The third kappa shape index (κ3) is 3.78. The summed E-state index contributed by atoms with van der Waals surface area (Å²) in [5, 5.41) is 11.1. The maximum absolute atomic E-state index is 14.7. The lowest BCUT2D eigenvalue weighted by Gasteiger charge is -2.25. The number of ketones is 1. The number of carbonyl (C=O) groups is 2. The van der Waals surface area contributed by atoms with Crippen LogP contribution in [0.3, 0.4) is 0 Å². The van der Waals surface area contributed by atoms with Crippen molar-refractivity contribution in [1.82, 2.24) is 4.98 Å². The van der Waals surface area contributed by atoms with Crippen molar-refractivity contribution in [2.45, 2.75) is 6.04 Å². The molecule has 2 aromatic carbocycles. The third-order valence-corrected chi connectivity index (χ3v) is 5.27. The number of aliphatic hydroxyl groups excluding tert-OH is 1. The topological polar surface area (TPSA) is 89.0 Å². The first kappa shape index (κ1) is 21.9. The third-order valence-electron chi connectivity index (χ3n) is 5.27. The average Bonchev–Trinajstić information content (AvgIpc) is 3.09. The minimum absolute atomic E-state index is 0.180. The van der Waals surface area contributed by atoms with Crippen LogP contribution in [-0.2, 0) is 9.59 Å². The number of Topliss-reactive ketones (excluding diaryl/α,β-unsaturated/α-hetero) is 1. The van der Waals surface area contributed by atoms with Crippen LogP contribution in [0.5, 0.6) is 11.5 Å². The Hall–Kier alpha value is -4.27. The van der Waals surface area contributed by atoms with Crippen molar-refractivity contribution in [2.24, 2.45) is 0 Å².